The molecule has 1 aromatic heterocycles. The largest absolute Gasteiger partial charge is 0.488 e. The molecule has 0 atom stereocenters. The molecule has 1 heterocycles. The Hall–Kier alpha value is -3.46. The fourth-order valence-corrected chi connectivity index (χ4v) is 4.13. The van der Waals surface area contributed by atoms with Gasteiger partial charge in [-0.05, 0) is 72.9 Å². The molecule has 4 rings (SSSR count). The Morgan fingerprint density at radius 2 is 1.77 bits per heavy atom. The first-order valence-electron chi connectivity index (χ1n) is 10.4. The molecule has 1 N–H and O–H groups in total. The number of ether oxygens (including phenoxy) is 1. The number of hydrogen-bond acceptors (Lipinski definition) is 3. The monoisotopic (exact) mass is 509 g/mol. The number of nitrogens with zero attached hydrogens (tertiary/aromatic N) is 1. The minimum atomic E-state index is -4.62. The van der Waals surface area contributed by atoms with Crippen LogP contribution in [0.25, 0.3) is 11.1 Å². The number of carboxylic acids is 1. The van der Waals surface area contributed by atoms with E-state index < -0.39 is 29.3 Å². The second-order valence-corrected chi connectivity index (χ2v) is 8.28. The lowest BCUT2D eigenvalue weighted by Crippen LogP contribution is -2.08. The molecule has 0 spiro atoms. The Morgan fingerprint density at radius 1 is 1.03 bits per heavy atom. The highest BCUT2D eigenvalue weighted by Crippen LogP contribution is 2.44. The van der Waals surface area contributed by atoms with Crippen LogP contribution in [0.2, 0.25) is 5.02 Å². The van der Waals surface area contributed by atoms with E-state index in [-0.39, 0.29) is 39.9 Å². The zero-order valence-electron chi connectivity index (χ0n) is 17.9. The Labute approximate surface area is 201 Å². The molecule has 3 aromatic rings. The van der Waals surface area contributed by atoms with Crippen molar-refractivity contribution in [1.82, 2.24) is 4.98 Å². The van der Waals surface area contributed by atoms with E-state index in [2.05, 4.69) is 4.98 Å². The minimum Gasteiger partial charge on any atom is -0.488 e. The van der Waals surface area contributed by atoms with Gasteiger partial charge < -0.3 is 9.84 Å². The third-order valence-corrected chi connectivity index (χ3v) is 5.91. The van der Waals surface area contributed by atoms with Crippen LogP contribution >= 0.6 is 11.6 Å². The van der Waals surface area contributed by atoms with E-state index in [0.29, 0.717) is 36.5 Å². The molecule has 2 aromatic carbocycles. The van der Waals surface area contributed by atoms with E-state index in [1.807, 2.05) is 0 Å². The lowest BCUT2D eigenvalue weighted by atomic mass is 9.96. The molecule has 0 fully saturated rings. The van der Waals surface area contributed by atoms with Gasteiger partial charge in [0, 0.05) is 17.2 Å². The van der Waals surface area contributed by atoms with Gasteiger partial charge in [-0.3, -0.25) is 0 Å². The van der Waals surface area contributed by atoms with Gasteiger partial charge in [0.2, 0.25) is 0 Å². The molecule has 0 bridgehead atoms. The average molecular weight is 510 g/mol. The van der Waals surface area contributed by atoms with Crippen LogP contribution in [0.4, 0.5) is 22.0 Å². The van der Waals surface area contributed by atoms with E-state index in [4.69, 9.17) is 16.3 Å². The fourth-order valence-electron chi connectivity index (χ4n) is 3.95. The van der Waals surface area contributed by atoms with Gasteiger partial charge in [0.05, 0.1) is 16.3 Å². The number of allylic oxidation sites excluding steroid dienone is 2. The van der Waals surface area contributed by atoms with Crippen molar-refractivity contribution in [3.63, 3.8) is 0 Å². The number of carbonyl (C=O) groups is 1. The number of carboxylic acid groups (broad SMARTS) is 1. The van der Waals surface area contributed by atoms with E-state index in [0.717, 1.165) is 24.3 Å². The fraction of sp³-hybridized carbons (Fsp3) is 0.200. The van der Waals surface area contributed by atoms with E-state index in [9.17, 15) is 31.9 Å². The molecule has 4 nitrogen and oxygen atoms in total. The number of halogens is 6. The van der Waals surface area contributed by atoms with Crippen molar-refractivity contribution in [3.8, 4) is 5.75 Å². The Kier molecular flexibility index (Phi) is 6.80. The first-order valence-corrected chi connectivity index (χ1v) is 10.8. The van der Waals surface area contributed by atoms with Gasteiger partial charge in [0.1, 0.15) is 24.0 Å². The van der Waals surface area contributed by atoms with Crippen LogP contribution in [0.1, 0.15) is 52.1 Å². The van der Waals surface area contributed by atoms with Crippen molar-refractivity contribution in [2.45, 2.75) is 32.0 Å². The smallest absolute Gasteiger partial charge is 0.416 e. The molecule has 0 saturated carbocycles. The first-order chi connectivity index (χ1) is 16.5. The maximum atomic E-state index is 14.0. The summed E-state index contributed by atoms with van der Waals surface area (Å²) in [5, 5.41) is 9.28. The van der Waals surface area contributed by atoms with Gasteiger partial charge in [-0.1, -0.05) is 11.6 Å². The van der Waals surface area contributed by atoms with Gasteiger partial charge in [-0.25, -0.2) is 18.6 Å². The van der Waals surface area contributed by atoms with Gasteiger partial charge in [-0.2, -0.15) is 13.2 Å². The summed E-state index contributed by atoms with van der Waals surface area (Å²) in [5.41, 5.74) is 0.272. The maximum Gasteiger partial charge on any atom is 0.416 e. The normalized spacial score (nSPS) is 13.9. The standard InChI is InChI=1S/C25H17ClF5NO3/c26-19-7-8-21(32-23(19)24(33)34)17-3-1-2-16(17)18-10-14(25(29,30)31)5-9-22(18)35-12-13-4-6-15(27)11-20(13)28/h4-11H,1-3,12H2,(H,33,34). The lowest BCUT2D eigenvalue weighted by molar-refractivity contribution is -0.137. The van der Waals surface area contributed by atoms with Gasteiger partial charge in [0.15, 0.2) is 5.69 Å². The summed E-state index contributed by atoms with van der Waals surface area (Å²) >= 11 is 5.91. The van der Waals surface area contributed by atoms with Crippen molar-refractivity contribution < 1.29 is 36.6 Å². The highest BCUT2D eigenvalue weighted by Gasteiger charge is 2.32. The van der Waals surface area contributed by atoms with Crippen molar-refractivity contribution in [2.75, 3.05) is 0 Å². The zero-order chi connectivity index (χ0) is 25.3. The summed E-state index contributed by atoms with van der Waals surface area (Å²) in [6, 6.07) is 8.79. The molecule has 1 aliphatic rings. The predicted molar refractivity (Wildman–Crippen MR) is 119 cm³/mol. The van der Waals surface area contributed by atoms with Gasteiger partial charge in [0.25, 0.3) is 0 Å². The summed E-state index contributed by atoms with van der Waals surface area (Å²) in [5.74, 6) is -2.87. The number of hydrogen-bond donors (Lipinski definition) is 1. The molecule has 10 heteroatoms. The third kappa shape index (κ3) is 5.30. The Morgan fingerprint density at radius 3 is 2.46 bits per heavy atom. The number of pyridine rings is 1. The molecular weight excluding hydrogens is 493 g/mol. The molecule has 35 heavy (non-hydrogen) atoms. The summed E-state index contributed by atoms with van der Waals surface area (Å²) in [6.45, 7) is -0.338. The van der Waals surface area contributed by atoms with Crippen LogP contribution in [-0.2, 0) is 12.8 Å². The number of aromatic nitrogens is 1. The molecule has 0 amide bonds. The highest BCUT2D eigenvalue weighted by atomic mass is 35.5. The van der Waals surface area contributed by atoms with Gasteiger partial charge in [-0.15, -0.1) is 0 Å². The van der Waals surface area contributed by atoms with Crippen LogP contribution < -0.4 is 4.74 Å². The van der Waals surface area contributed by atoms with Crippen molar-refractivity contribution >= 4 is 28.7 Å². The topological polar surface area (TPSA) is 59.4 Å². The summed E-state index contributed by atoms with van der Waals surface area (Å²) in [7, 11) is 0. The number of alkyl halides is 3. The van der Waals surface area contributed by atoms with Crippen molar-refractivity contribution in [1.29, 1.82) is 0 Å². The zero-order valence-corrected chi connectivity index (χ0v) is 18.7. The third-order valence-electron chi connectivity index (χ3n) is 5.61. The summed E-state index contributed by atoms with van der Waals surface area (Å²) < 4.78 is 73.4. The van der Waals surface area contributed by atoms with Crippen LogP contribution in [0.3, 0.4) is 0 Å². The van der Waals surface area contributed by atoms with Gasteiger partial charge >= 0.3 is 12.1 Å². The van der Waals surface area contributed by atoms with E-state index in [1.165, 1.54) is 18.2 Å². The lowest BCUT2D eigenvalue weighted by Gasteiger charge is -2.17. The molecule has 0 radical (unpaired) electrons. The van der Waals surface area contributed by atoms with Crippen LogP contribution in [0, 0.1) is 11.6 Å². The second kappa shape index (κ2) is 9.65. The van der Waals surface area contributed by atoms with E-state index in [1.54, 1.807) is 0 Å². The molecule has 1 aliphatic carbocycles. The van der Waals surface area contributed by atoms with E-state index >= 15 is 0 Å². The predicted octanol–water partition coefficient (Wildman–Crippen LogP) is 7.40. The summed E-state index contributed by atoms with van der Waals surface area (Å²) in [4.78, 5) is 15.6. The Bertz CT molecular complexity index is 1340. The van der Waals surface area contributed by atoms with Crippen molar-refractivity contribution in [3.05, 3.63) is 93.3 Å². The molecule has 182 valence electrons. The maximum absolute atomic E-state index is 14.0. The molecule has 0 saturated heterocycles. The van der Waals surface area contributed by atoms with Crippen LogP contribution in [0.15, 0.2) is 48.5 Å². The molecule has 0 unspecified atom stereocenters. The highest BCUT2D eigenvalue weighted by molar-refractivity contribution is 6.33. The van der Waals surface area contributed by atoms with Crippen LogP contribution in [-0.4, -0.2) is 16.1 Å². The van der Waals surface area contributed by atoms with Crippen LogP contribution in [0.5, 0.6) is 5.75 Å². The number of rotatable bonds is 6. The second-order valence-electron chi connectivity index (χ2n) is 7.88. The quantitative estimate of drug-likeness (QED) is 0.352. The number of aromatic carboxylic acids is 1. The summed E-state index contributed by atoms with van der Waals surface area (Å²) in [6.07, 6.45) is -3.18. The molecule has 0 aliphatic heterocycles. The SMILES string of the molecule is O=C(O)c1nc(C2=C(c3cc(C(F)(F)F)ccc3OCc3ccc(F)cc3F)CCC2)ccc1Cl. The molecular formula is C25H17ClF5NO3. The number of benzene rings is 2. The first kappa shape index (κ1) is 24.7. The Balaban J connectivity index is 1.80. The van der Waals surface area contributed by atoms with Crippen molar-refractivity contribution in [2.24, 2.45) is 0 Å². The average Bonchev–Trinajstić information content (AvgIpc) is 3.27. The minimum absolute atomic E-state index is 0.0309.